The van der Waals surface area contributed by atoms with Crippen molar-refractivity contribution in [3.63, 3.8) is 0 Å². The average Bonchev–Trinajstić information content (AvgIpc) is 3.08. The Balaban J connectivity index is 1.64. The van der Waals surface area contributed by atoms with Crippen molar-refractivity contribution in [1.82, 2.24) is 5.32 Å². The number of hydrogen-bond acceptors (Lipinski definition) is 3. The second-order valence-electron chi connectivity index (χ2n) is 6.08. The second-order valence-corrected chi connectivity index (χ2v) is 7.15. The van der Waals surface area contributed by atoms with E-state index in [1.54, 1.807) is 12.1 Å². The van der Waals surface area contributed by atoms with Gasteiger partial charge in [-0.05, 0) is 55.4 Å². The zero-order chi connectivity index (χ0) is 15.7. The van der Waals surface area contributed by atoms with E-state index < -0.39 is 5.76 Å². The van der Waals surface area contributed by atoms with Gasteiger partial charge in [0.25, 0.3) is 11.7 Å². The molecular formula is C16H19F2NO2S. The van der Waals surface area contributed by atoms with Crippen LogP contribution in [0.15, 0.2) is 29.2 Å². The zero-order valence-corrected chi connectivity index (χ0v) is 12.9. The summed E-state index contributed by atoms with van der Waals surface area (Å²) >= 11 is 0.467. The quantitative estimate of drug-likeness (QED) is 0.817. The van der Waals surface area contributed by atoms with Crippen LogP contribution >= 0.6 is 11.8 Å². The van der Waals surface area contributed by atoms with Crippen LogP contribution in [-0.2, 0) is 0 Å². The van der Waals surface area contributed by atoms with Crippen LogP contribution in [0.1, 0.15) is 29.6 Å². The summed E-state index contributed by atoms with van der Waals surface area (Å²) < 4.78 is 24.6. The van der Waals surface area contributed by atoms with Crippen molar-refractivity contribution >= 4 is 17.7 Å². The van der Waals surface area contributed by atoms with E-state index in [-0.39, 0.29) is 24.5 Å². The van der Waals surface area contributed by atoms with Crippen LogP contribution in [0.4, 0.5) is 8.78 Å². The van der Waals surface area contributed by atoms with Crippen LogP contribution in [0, 0.1) is 17.8 Å². The lowest BCUT2D eigenvalue weighted by Crippen LogP contribution is -2.45. The van der Waals surface area contributed by atoms with Gasteiger partial charge in [-0.15, -0.1) is 0 Å². The fraction of sp³-hybridized carbons (Fsp3) is 0.562. The van der Waals surface area contributed by atoms with Gasteiger partial charge < -0.3 is 10.4 Å². The molecule has 0 aromatic heterocycles. The highest BCUT2D eigenvalue weighted by atomic mass is 32.2. The Morgan fingerprint density at radius 1 is 1.27 bits per heavy atom. The third-order valence-corrected chi connectivity index (χ3v) is 5.66. The molecule has 0 heterocycles. The summed E-state index contributed by atoms with van der Waals surface area (Å²) in [6.45, 7) is 0.107. The predicted octanol–water partition coefficient (Wildman–Crippen LogP) is 3.14. The van der Waals surface area contributed by atoms with Gasteiger partial charge >= 0.3 is 0 Å². The molecule has 1 aromatic rings. The normalized spacial score (nSPS) is 30.0. The van der Waals surface area contributed by atoms with Gasteiger partial charge in [0, 0.05) is 29.0 Å². The van der Waals surface area contributed by atoms with Crippen molar-refractivity contribution in [2.45, 2.75) is 36.0 Å². The van der Waals surface area contributed by atoms with Crippen LogP contribution in [0.5, 0.6) is 0 Å². The van der Waals surface area contributed by atoms with Crippen LogP contribution in [0.2, 0.25) is 0 Å². The smallest absolute Gasteiger partial charge is 0.288 e. The van der Waals surface area contributed by atoms with Crippen molar-refractivity contribution in [2.75, 3.05) is 6.61 Å². The summed E-state index contributed by atoms with van der Waals surface area (Å²) in [6, 6.07) is 6.25. The summed E-state index contributed by atoms with van der Waals surface area (Å²) in [7, 11) is 0. The molecule has 2 bridgehead atoms. The van der Waals surface area contributed by atoms with Gasteiger partial charge in [0.15, 0.2) is 0 Å². The molecule has 120 valence electrons. The van der Waals surface area contributed by atoms with Crippen LogP contribution in [0.3, 0.4) is 0 Å². The number of halogens is 2. The summed E-state index contributed by atoms with van der Waals surface area (Å²) in [4.78, 5) is 12.8. The number of alkyl halides is 2. The Morgan fingerprint density at radius 2 is 1.95 bits per heavy atom. The molecule has 3 nitrogen and oxygen atoms in total. The highest BCUT2D eigenvalue weighted by molar-refractivity contribution is 7.99. The molecule has 2 fully saturated rings. The highest BCUT2D eigenvalue weighted by Crippen LogP contribution is 2.48. The van der Waals surface area contributed by atoms with Crippen LogP contribution < -0.4 is 5.32 Å². The molecule has 4 unspecified atom stereocenters. The minimum absolute atomic E-state index is 0.0337. The number of thioether (sulfide) groups is 1. The first-order valence-electron chi connectivity index (χ1n) is 7.55. The number of hydrogen-bond donors (Lipinski definition) is 2. The molecule has 6 heteroatoms. The van der Waals surface area contributed by atoms with E-state index in [1.165, 1.54) is 12.1 Å². The number of carbonyl (C=O) groups is 1. The van der Waals surface area contributed by atoms with E-state index in [1.807, 2.05) is 0 Å². The van der Waals surface area contributed by atoms with Crippen molar-refractivity contribution in [1.29, 1.82) is 0 Å². The molecule has 2 aliphatic rings. The lowest BCUT2D eigenvalue weighted by atomic mass is 9.85. The Morgan fingerprint density at radius 3 is 2.59 bits per heavy atom. The van der Waals surface area contributed by atoms with Gasteiger partial charge in [-0.25, -0.2) is 0 Å². The number of aliphatic hydroxyl groups excluding tert-OH is 1. The number of benzene rings is 1. The van der Waals surface area contributed by atoms with Crippen molar-refractivity contribution < 1.29 is 18.7 Å². The minimum Gasteiger partial charge on any atom is -0.396 e. The molecule has 4 atom stereocenters. The van der Waals surface area contributed by atoms with Crippen LogP contribution in [0.25, 0.3) is 0 Å². The van der Waals surface area contributed by atoms with Crippen LogP contribution in [-0.4, -0.2) is 29.4 Å². The SMILES string of the molecule is O=C(NC1C2CCC(C2)C1CO)c1ccc(SC(F)F)cc1. The number of aliphatic hydroxyl groups is 1. The number of carbonyl (C=O) groups excluding carboxylic acids is 1. The zero-order valence-electron chi connectivity index (χ0n) is 12.0. The standard InChI is InChI=1S/C16H19F2NO2S/c17-16(18)22-12-5-3-9(4-6-12)15(21)19-14-11-2-1-10(7-11)13(14)8-20/h3-6,10-11,13-14,16,20H,1-2,7-8H2,(H,19,21). The number of nitrogens with one attached hydrogen (secondary N) is 1. The highest BCUT2D eigenvalue weighted by Gasteiger charge is 2.47. The van der Waals surface area contributed by atoms with E-state index in [4.69, 9.17) is 0 Å². The van der Waals surface area contributed by atoms with E-state index in [2.05, 4.69) is 5.32 Å². The maximum Gasteiger partial charge on any atom is 0.288 e. The average molecular weight is 327 g/mol. The fourth-order valence-electron chi connectivity index (χ4n) is 3.92. The predicted molar refractivity (Wildman–Crippen MR) is 81.0 cm³/mol. The van der Waals surface area contributed by atoms with Gasteiger partial charge in [0.05, 0.1) is 0 Å². The topological polar surface area (TPSA) is 49.3 Å². The second kappa shape index (κ2) is 6.54. The summed E-state index contributed by atoms with van der Waals surface area (Å²) in [5.74, 6) is -1.52. The molecule has 2 N–H and O–H groups in total. The molecule has 22 heavy (non-hydrogen) atoms. The first-order chi connectivity index (χ1) is 10.6. The third-order valence-electron chi connectivity index (χ3n) is 4.94. The van der Waals surface area contributed by atoms with Gasteiger partial charge in [-0.3, -0.25) is 4.79 Å². The fourth-order valence-corrected chi connectivity index (χ4v) is 4.42. The molecule has 2 aliphatic carbocycles. The largest absolute Gasteiger partial charge is 0.396 e. The monoisotopic (exact) mass is 327 g/mol. The molecule has 2 saturated carbocycles. The molecule has 0 radical (unpaired) electrons. The van der Waals surface area contributed by atoms with E-state index in [0.717, 1.165) is 19.3 Å². The van der Waals surface area contributed by atoms with Crippen molar-refractivity contribution in [3.05, 3.63) is 29.8 Å². The molecule has 1 amide bonds. The van der Waals surface area contributed by atoms with Gasteiger partial charge in [-0.1, -0.05) is 11.8 Å². The van der Waals surface area contributed by atoms with Crippen molar-refractivity contribution in [2.24, 2.45) is 17.8 Å². The lowest BCUT2D eigenvalue weighted by Gasteiger charge is -2.30. The maximum absolute atomic E-state index is 12.3. The molecule has 1 aromatic carbocycles. The number of rotatable bonds is 5. The maximum atomic E-state index is 12.3. The Labute approximate surface area is 132 Å². The summed E-state index contributed by atoms with van der Waals surface area (Å²) in [5, 5.41) is 12.6. The summed E-state index contributed by atoms with van der Waals surface area (Å²) in [6.07, 6.45) is 3.33. The number of fused-ring (bicyclic) bond motifs is 2. The van der Waals surface area contributed by atoms with Gasteiger partial charge in [-0.2, -0.15) is 8.78 Å². The first-order valence-corrected chi connectivity index (χ1v) is 8.43. The minimum atomic E-state index is -2.46. The summed E-state index contributed by atoms with van der Waals surface area (Å²) in [5.41, 5.74) is 0.470. The van der Waals surface area contributed by atoms with Gasteiger partial charge in [0.2, 0.25) is 0 Å². The van der Waals surface area contributed by atoms with Gasteiger partial charge in [0.1, 0.15) is 0 Å². The molecule has 0 spiro atoms. The molecule has 0 aliphatic heterocycles. The van der Waals surface area contributed by atoms with E-state index in [0.29, 0.717) is 34.1 Å². The van der Waals surface area contributed by atoms with Crippen molar-refractivity contribution in [3.8, 4) is 0 Å². The Kier molecular flexibility index (Phi) is 4.68. The van der Waals surface area contributed by atoms with E-state index >= 15 is 0 Å². The lowest BCUT2D eigenvalue weighted by molar-refractivity contribution is 0.0861. The third kappa shape index (κ3) is 3.13. The molecule has 0 saturated heterocycles. The Bertz CT molecular complexity index is 537. The first kappa shape index (κ1) is 15.7. The van der Waals surface area contributed by atoms with E-state index in [9.17, 15) is 18.7 Å². The number of amides is 1. The molecule has 3 rings (SSSR count). The molecular weight excluding hydrogens is 308 g/mol. The Hall–Kier alpha value is -1.14.